The van der Waals surface area contributed by atoms with Crippen molar-refractivity contribution in [2.75, 3.05) is 17.1 Å². The van der Waals surface area contributed by atoms with Crippen molar-refractivity contribution in [1.29, 1.82) is 0 Å². The number of anilines is 2. The molecule has 0 saturated carbocycles. The van der Waals surface area contributed by atoms with Gasteiger partial charge in [-0.3, -0.25) is 4.31 Å². The van der Waals surface area contributed by atoms with Gasteiger partial charge in [-0.15, -0.1) is 0 Å². The van der Waals surface area contributed by atoms with Gasteiger partial charge in [0, 0.05) is 7.05 Å². The molecule has 0 amide bonds. The summed E-state index contributed by atoms with van der Waals surface area (Å²) in [6, 6.07) is 10.2. The highest BCUT2D eigenvalue weighted by Crippen LogP contribution is 2.28. The number of hydrogen-bond donors (Lipinski definition) is 1. The number of nitrogens with zero attached hydrogens (tertiary/aromatic N) is 1. The van der Waals surface area contributed by atoms with Gasteiger partial charge in [-0.25, -0.2) is 12.8 Å². The SMILES string of the molecule is Cc1cc(F)ccc1S(=O)(=O)N(C)c1ccccc1N. The zero-order chi connectivity index (χ0) is 14.9. The van der Waals surface area contributed by atoms with E-state index in [1.165, 1.54) is 19.2 Å². The highest BCUT2D eigenvalue weighted by atomic mass is 32.2. The predicted octanol–water partition coefficient (Wildman–Crippen LogP) is 2.54. The molecule has 20 heavy (non-hydrogen) atoms. The van der Waals surface area contributed by atoms with Crippen molar-refractivity contribution >= 4 is 21.4 Å². The Labute approximate surface area is 117 Å². The molecule has 0 fully saturated rings. The summed E-state index contributed by atoms with van der Waals surface area (Å²) in [5.74, 6) is -0.469. The molecule has 2 aromatic rings. The molecule has 2 N–H and O–H groups in total. The highest BCUT2D eigenvalue weighted by Gasteiger charge is 2.24. The summed E-state index contributed by atoms with van der Waals surface area (Å²) in [4.78, 5) is 0.0599. The van der Waals surface area contributed by atoms with E-state index in [1.807, 2.05) is 0 Å². The third-order valence-corrected chi connectivity index (χ3v) is 4.98. The Balaban J connectivity index is 2.53. The van der Waals surface area contributed by atoms with Crippen molar-refractivity contribution in [3.8, 4) is 0 Å². The number of benzene rings is 2. The van der Waals surface area contributed by atoms with Gasteiger partial charge in [0.2, 0.25) is 0 Å². The van der Waals surface area contributed by atoms with Crippen LogP contribution < -0.4 is 10.0 Å². The fourth-order valence-electron chi connectivity index (χ4n) is 1.95. The van der Waals surface area contributed by atoms with Crippen molar-refractivity contribution < 1.29 is 12.8 Å². The van der Waals surface area contributed by atoms with E-state index in [1.54, 1.807) is 31.2 Å². The first-order valence-electron chi connectivity index (χ1n) is 5.93. The van der Waals surface area contributed by atoms with Crippen molar-refractivity contribution in [1.82, 2.24) is 0 Å². The van der Waals surface area contributed by atoms with E-state index in [0.717, 1.165) is 10.4 Å². The van der Waals surface area contributed by atoms with E-state index in [4.69, 9.17) is 5.73 Å². The molecule has 0 radical (unpaired) electrons. The first-order chi connectivity index (χ1) is 9.34. The smallest absolute Gasteiger partial charge is 0.264 e. The van der Waals surface area contributed by atoms with Gasteiger partial charge in [0.25, 0.3) is 10.0 Å². The number of sulfonamides is 1. The lowest BCUT2D eigenvalue weighted by Gasteiger charge is -2.22. The largest absolute Gasteiger partial charge is 0.397 e. The second kappa shape index (κ2) is 5.13. The zero-order valence-electron chi connectivity index (χ0n) is 11.2. The van der Waals surface area contributed by atoms with Crippen LogP contribution in [0.4, 0.5) is 15.8 Å². The third kappa shape index (κ3) is 2.46. The van der Waals surface area contributed by atoms with Crippen LogP contribution in [0.3, 0.4) is 0 Å². The number of para-hydroxylation sites is 2. The Hall–Kier alpha value is -2.08. The summed E-state index contributed by atoms with van der Waals surface area (Å²) in [5.41, 5.74) is 6.89. The molecule has 0 aliphatic rings. The van der Waals surface area contributed by atoms with Gasteiger partial charge in [-0.1, -0.05) is 12.1 Å². The van der Waals surface area contributed by atoms with E-state index in [9.17, 15) is 12.8 Å². The monoisotopic (exact) mass is 294 g/mol. The molecular weight excluding hydrogens is 279 g/mol. The summed E-state index contributed by atoms with van der Waals surface area (Å²) in [6.45, 7) is 1.55. The molecule has 106 valence electrons. The topological polar surface area (TPSA) is 63.4 Å². The normalized spacial score (nSPS) is 11.3. The van der Waals surface area contributed by atoms with Crippen molar-refractivity contribution in [3.63, 3.8) is 0 Å². The van der Waals surface area contributed by atoms with Crippen LogP contribution in [-0.2, 0) is 10.0 Å². The fourth-order valence-corrected chi connectivity index (χ4v) is 3.38. The summed E-state index contributed by atoms with van der Waals surface area (Å²) >= 11 is 0. The van der Waals surface area contributed by atoms with Crippen molar-refractivity contribution in [3.05, 3.63) is 53.8 Å². The highest BCUT2D eigenvalue weighted by molar-refractivity contribution is 7.92. The lowest BCUT2D eigenvalue weighted by molar-refractivity contribution is 0.592. The van der Waals surface area contributed by atoms with Crippen LogP contribution in [0.5, 0.6) is 0 Å². The lowest BCUT2D eigenvalue weighted by atomic mass is 10.2. The number of hydrogen-bond acceptors (Lipinski definition) is 3. The third-order valence-electron chi connectivity index (χ3n) is 3.05. The maximum Gasteiger partial charge on any atom is 0.264 e. The van der Waals surface area contributed by atoms with Gasteiger partial charge < -0.3 is 5.73 Å². The fraction of sp³-hybridized carbons (Fsp3) is 0.143. The summed E-state index contributed by atoms with van der Waals surface area (Å²) < 4.78 is 39.3. The molecule has 0 aliphatic heterocycles. The van der Waals surface area contributed by atoms with E-state index < -0.39 is 15.8 Å². The Bertz CT molecular complexity index is 745. The number of halogens is 1. The Morgan fingerprint density at radius 1 is 1.15 bits per heavy atom. The van der Waals surface area contributed by atoms with Crippen LogP contribution in [0.1, 0.15) is 5.56 Å². The predicted molar refractivity (Wildman–Crippen MR) is 77.6 cm³/mol. The Morgan fingerprint density at radius 3 is 2.40 bits per heavy atom. The van der Waals surface area contributed by atoms with Gasteiger partial charge in [0.05, 0.1) is 16.3 Å². The van der Waals surface area contributed by atoms with E-state index >= 15 is 0 Å². The minimum atomic E-state index is -3.78. The first kappa shape index (κ1) is 14.3. The van der Waals surface area contributed by atoms with Gasteiger partial charge in [0.1, 0.15) is 5.82 Å². The molecule has 0 aliphatic carbocycles. The summed E-state index contributed by atoms with van der Waals surface area (Å²) in [5, 5.41) is 0. The molecule has 0 aromatic heterocycles. The average Bonchev–Trinajstić information content (AvgIpc) is 2.38. The average molecular weight is 294 g/mol. The molecule has 0 atom stereocenters. The Kier molecular flexibility index (Phi) is 3.67. The summed E-state index contributed by atoms with van der Waals surface area (Å²) in [6.07, 6.45) is 0. The van der Waals surface area contributed by atoms with Crippen LogP contribution in [0.2, 0.25) is 0 Å². The maximum absolute atomic E-state index is 13.1. The van der Waals surface area contributed by atoms with Crippen molar-refractivity contribution in [2.45, 2.75) is 11.8 Å². The van der Waals surface area contributed by atoms with Gasteiger partial charge in [-0.05, 0) is 42.8 Å². The van der Waals surface area contributed by atoms with Crippen molar-refractivity contribution in [2.24, 2.45) is 0 Å². The van der Waals surface area contributed by atoms with Crippen LogP contribution >= 0.6 is 0 Å². The maximum atomic E-state index is 13.1. The molecule has 2 aromatic carbocycles. The van der Waals surface area contributed by atoms with E-state index in [-0.39, 0.29) is 4.90 Å². The number of rotatable bonds is 3. The van der Waals surface area contributed by atoms with Gasteiger partial charge in [-0.2, -0.15) is 0 Å². The van der Waals surface area contributed by atoms with Crippen LogP contribution in [-0.4, -0.2) is 15.5 Å². The molecular formula is C14H15FN2O2S. The number of nitrogens with two attached hydrogens (primary N) is 1. The molecule has 4 nitrogen and oxygen atoms in total. The molecule has 2 rings (SSSR count). The molecule has 6 heteroatoms. The molecule has 0 heterocycles. The van der Waals surface area contributed by atoms with E-state index in [2.05, 4.69) is 0 Å². The molecule has 0 bridgehead atoms. The molecule has 0 saturated heterocycles. The number of nitrogen functional groups attached to an aromatic ring is 1. The van der Waals surface area contributed by atoms with Gasteiger partial charge >= 0.3 is 0 Å². The van der Waals surface area contributed by atoms with Crippen LogP contribution in [0.15, 0.2) is 47.4 Å². The number of aryl methyl sites for hydroxylation is 1. The van der Waals surface area contributed by atoms with Crippen LogP contribution in [0, 0.1) is 12.7 Å². The zero-order valence-corrected chi connectivity index (χ0v) is 12.0. The second-order valence-corrected chi connectivity index (χ2v) is 6.38. The lowest BCUT2D eigenvalue weighted by Crippen LogP contribution is -2.28. The quantitative estimate of drug-likeness (QED) is 0.885. The molecule has 0 spiro atoms. The minimum Gasteiger partial charge on any atom is -0.397 e. The van der Waals surface area contributed by atoms with E-state index in [0.29, 0.717) is 16.9 Å². The first-order valence-corrected chi connectivity index (χ1v) is 7.37. The second-order valence-electron chi connectivity index (χ2n) is 4.44. The minimum absolute atomic E-state index is 0.0599. The Morgan fingerprint density at radius 2 is 1.80 bits per heavy atom. The van der Waals surface area contributed by atoms with Gasteiger partial charge in [0.15, 0.2) is 0 Å². The van der Waals surface area contributed by atoms with Crippen LogP contribution in [0.25, 0.3) is 0 Å². The molecule has 0 unspecified atom stereocenters. The standard InChI is InChI=1S/C14H15FN2O2S/c1-10-9-11(15)7-8-14(10)20(18,19)17(2)13-6-4-3-5-12(13)16/h3-9H,16H2,1-2H3. The summed E-state index contributed by atoms with van der Waals surface area (Å²) in [7, 11) is -2.35.